The number of nitrogens with one attached hydrogen (secondary N) is 1. The van der Waals surface area contributed by atoms with Crippen LogP contribution >= 0.6 is 40.0 Å². The molecular weight excluding hydrogens is 1250 g/mol. The monoisotopic (exact) mass is 1310 g/mol. The van der Waals surface area contributed by atoms with E-state index in [1.165, 1.54) is 19.8 Å². The van der Waals surface area contributed by atoms with Crippen LogP contribution in [0.15, 0.2) is 60.2 Å². The van der Waals surface area contributed by atoms with Gasteiger partial charge < -0.3 is 29.6 Å². The van der Waals surface area contributed by atoms with Gasteiger partial charge in [-0.3, -0.25) is 9.80 Å². The molecule has 1 spiro atoms. The number of aromatic nitrogens is 1. The van der Waals surface area contributed by atoms with Crippen LogP contribution in [0.25, 0.3) is 10.9 Å². The Hall–Kier alpha value is -0.734. The topological polar surface area (TPSA) is 144 Å². The third-order valence-corrected chi connectivity index (χ3v) is 15.1. The van der Waals surface area contributed by atoms with Crippen molar-refractivity contribution in [2.45, 2.75) is 86.6 Å². The molecule has 1 radical (unpaired) electrons. The number of nitriles is 1. The second kappa shape index (κ2) is 18.9. The van der Waals surface area contributed by atoms with Crippen molar-refractivity contribution in [1.29, 1.82) is 5.26 Å². The van der Waals surface area contributed by atoms with Gasteiger partial charge in [0.25, 0.3) is 0 Å². The molecule has 324 valence electrons. The van der Waals surface area contributed by atoms with E-state index in [1.807, 2.05) is 24.9 Å². The maximum absolute atomic E-state index is 14.1. The number of para-hydroxylation sites is 1. The van der Waals surface area contributed by atoms with Crippen molar-refractivity contribution in [3.05, 3.63) is 82.6 Å². The summed E-state index contributed by atoms with van der Waals surface area (Å²) in [7, 11) is 7.05. The molecule has 10 atom stereocenters. The van der Waals surface area contributed by atoms with E-state index in [1.54, 1.807) is 7.11 Å². The zero-order chi connectivity index (χ0) is 42.8. The van der Waals surface area contributed by atoms with Gasteiger partial charge in [0.15, 0.2) is 0 Å². The standard InChI is InChI=1S/C45H55N5O7.Ac.2HI.V/c1-7-28-20-27-23-43(26-57-56-6,37-30(14-18-50(25-27)35(28)24-46)29-12-9-10-13-33(29)47-37)32-21-31-34(22-36(32)54-4)48(3)39-44(31)16-19-49-17-11-15-42(8-2,38(44)49)40(51)45(39,53)41(52)55-5;;;;/h9-13,15,20-22,27,35,38-40,47,51,53H,7-8,14,16-19,23,25-26H2,1-6H3;;2*1H;/q;;;;+2/p-2/t27-,35?,38?,39?,40?,42-,43+,44-,45?;;;;/m1..../s1. The number of carbonyl (C=O) groups excluding carboxylic acids is 1. The van der Waals surface area contributed by atoms with Crippen molar-refractivity contribution in [2.24, 2.45) is 11.3 Å². The first-order valence-corrected chi connectivity index (χ1v) is 29.9. The number of hydrogen-bond donors (Lipinski definition) is 3. The van der Waals surface area contributed by atoms with Crippen LogP contribution in [-0.2, 0) is 46.0 Å². The molecule has 2 bridgehead atoms. The van der Waals surface area contributed by atoms with E-state index in [0.29, 0.717) is 54.0 Å². The number of H-pyrrole nitrogens is 1. The molecule has 1 aliphatic carbocycles. The predicted octanol–water partition coefficient (Wildman–Crippen LogP) is 6.29. The fourth-order valence-corrected chi connectivity index (χ4v) is 13.0. The fourth-order valence-electron chi connectivity index (χ4n) is 13.0. The molecule has 6 unspecified atom stereocenters. The molecule has 3 N–H and O–H groups in total. The third kappa shape index (κ3) is 7.12. The number of ether oxygens (including phenoxy) is 2. The molecular formula is C45H55AcI2N5O7V. The summed E-state index contributed by atoms with van der Waals surface area (Å²) in [5.41, 5.74) is 2.29. The number of nitrogens with zero attached hydrogens (tertiary/aromatic N) is 4. The summed E-state index contributed by atoms with van der Waals surface area (Å²) in [6.45, 7) is 7.21. The van der Waals surface area contributed by atoms with Crippen molar-refractivity contribution in [3.8, 4) is 11.8 Å². The van der Waals surface area contributed by atoms with E-state index >= 15 is 0 Å². The van der Waals surface area contributed by atoms with Crippen molar-refractivity contribution < 1.29 is 87.8 Å². The fraction of sp³-hybridized carbons (Fsp3) is 0.556. The molecule has 61 heavy (non-hydrogen) atoms. The van der Waals surface area contributed by atoms with Crippen LogP contribution in [0.1, 0.15) is 61.9 Å². The number of aliphatic hydroxyl groups is 2. The van der Waals surface area contributed by atoms with Crippen LogP contribution in [0.2, 0.25) is 0 Å². The zero-order valence-electron chi connectivity index (χ0n) is 35.7. The Morgan fingerprint density at radius 3 is 2.52 bits per heavy atom. The number of benzene rings is 2. The Labute approximate surface area is 423 Å². The van der Waals surface area contributed by atoms with Crippen molar-refractivity contribution in [1.82, 2.24) is 14.8 Å². The van der Waals surface area contributed by atoms with Gasteiger partial charge >= 0.3 is 55.4 Å². The van der Waals surface area contributed by atoms with E-state index in [2.05, 4.69) is 116 Å². The molecule has 9 rings (SSSR count). The van der Waals surface area contributed by atoms with Crippen LogP contribution in [0.5, 0.6) is 5.75 Å². The van der Waals surface area contributed by atoms with E-state index in [-0.39, 0.29) is 68.7 Å². The molecule has 2 aromatic carbocycles. The maximum atomic E-state index is 14.1. The molecule has 16 heteroatoms. The Balaban J connectivity index is 0.00000136. The Bertz CT molecular complexity index is 2260. The average Bonchev–Trinajstić information content (AvgIpc) is 3.93. The number of halogens is 2. The van der Waals surface area contributed by atoms with Gasteiger partial charge in [0.05, 0.1) is 45.5 Å². The number of rotatable bonds is 8. The van der Waals surface area contributed by atoms with E-state index in [9.17, 15) is 20.3 Å². The number of methoxy groups -OCH3 is 2. The van der Waals surface area contributed by atoms with Crippen LogP contribution in [-0.4, -0.2) is 122 Å². The summed E-state index contributed by atoms with van der Waals surface area (Å²) < 4.78 is 11.8. The molecule has 1 aromatic heterocycles. The first kappa shape index (κ1) is 48.2. The molecule has 6 aliphatic rings. The van der Waals surface area contributed by atoms with Gasteiger partial charge in [-0.1, -0.05) is 50.3 Å². The van der Waals surface area contributed by atoms with Crippen molar-refractivity contribution in [2.75, 3.05) is 66.1 Å². The summed E-state index contributed by atoms with van der Waals surface area (Å²) in [6, 6.07) is 14.0. The summed E-state index contributed by atoms with van der Waals surface area (Å²) in [6.07, 6.45) is 8.32. The van der Waals surface area contributed by atoms with Crippen molar-refractivity contribution >= 4 is 62.5 Å². The second-order valence-electron chi connectivity index (χ2n) is 17.3. The van der Waals surface area contributed by atoms with Crippen LogP contribution in [0, 0.1) is 66.7 Å². The van der Waals surface area contributed by atoms with Gasteiger partial charge in [-0.2, -0.15) is 5.26 Å². The van der Waals surface area contributed by atoms with E-state index in [0.717, 1.165) is 58.5 Å². The molecule has 5 aliphatic heterocycles. The number of anilines is 1. The van der Waals surface area contributed by atoms with E-state index in [4.69, 9.17) is 19.2 Å². The minimum absolute atomic E-state index is 0. The number of aromatic amines is 1. The first-order chi connectivity index (χ1) is 28.9. The molecule has 0 amide bonds. The molecule has 2 fully saturated rings. The van der Waals surface area contributed by atoms with Gasteiger partial charge in [-0.15, -0.1) is 0 Å². The van der Waals surface area contributed by atoms with Gasteiger partial charge in [-0.25, -0.2) is 14.6 Å². The SMILES string of the molecule is CCC1=C[C@H]2CN(CCc3c([nH]c4ccccc34)[C@@](COOC)(c3cc4c(cc3OC)N(C)C3C(O)(C(=O)OC)C(O)[C@]5(CC)C=CCN6CC[C@]43C65)C2)C1C#N.[Ac].[I][V][I]. The summed E-state index contributed by atoms with van der Waals surface area (Å²) in [5.74, 6) is -0.139. The van der Waals surface area contributed by atoms with Crippen molar-refractivity contribution in [3.63, 3.8) is 0 Å². The normalized spacial score (nSPS) is 34.4. The average molecular weight is 1310 g/mol. The van der Waals surface area contributed by atoms with Gasteiger partial charge in [0, 0.05) is 122 Å². The third-order valence-electron chi connectivity index (χ3n) is 15.1. The molecule has 6 heterocycles. The van der Waals surface area contributed by atoms with Crippen LogP contribution < -0.4 is 9.64 Å². The van der Waals surface area contributed by atoms with E-state index < -0.39 is 40.0 Å². The number of aliphatic hydroxyl groups excluding tert-OH is 1. The van der Waals surface area contributed by atoms with Crippen LogP contribution in [0.3, 0.4) is 0 Å². The Morgan fingerprint density at radius 1 is 1.10 bits per heavy atom. The minimum atomic E-state index is -2.25. The predicted molar refractivity (Wildman–Crippen MR) is 243 cm³/mol. The first-order valence-electron chi connectivity index (χ1n) is 20.8. The molecule has 12 nitrogen and oxygen atoms in total. The summed E-state index contributed by atoms with van der Waals surface area (Å²) >= 11 is 4.74. The number of esters is 1. The molecule has 1 saturated carbocycles. The Kier molecular flexibility index (Phi) is 14.9. The quantitative estimate of drug-likeness (QED) is 0.0771. The van der Waals surface area contributed by atoms with Gasteiger partial charge in [0.2, 0.25) is 5.60 Å². The zero-order valence-corrected chi connectivity index (χ0v) is 46.1. The summed E-state index contributed by atoms with van der Waals surface area (Å²) in [4.78, 5) is 36.4. The second-order valence-corrected chi connectivity index (χ2v) is 29.1. The van der Waals surface area contributed by atoms with Crippen LogP contribution in [0.4, 0.5) is 5.69 Å². The number of fused-ring (bicyclic) bond motifs is 6. The Morgan fingerprint density at radius 2 is 1.85 bits per heavy atom. The van der Waals surface area contributed by atoms with Gasteiger partial charge in [-0.05, 0) is 73.4 Å². The molecule has 3 aromatic rings. The number of hydrogen-bond acceptors (Lipinski definition) is 11. The van der Waals surface area contributed by atoms with Gasteiger partial charge in [0.1, 0.15) is 17.9 Å². The summed E-state index contributed by atoms with van der Waals surface area (Å²) in [5, 5.41) is 37.0. The number of likely N-dealkylation sites (N-methyl/N-ethyl adjacent to an activating group) is 1. The molecule has 1 saturated heterocycles. The number of carbonyl (C=O) groups is 1.